The Balaban J connectivity index is 2.31. The average Bonchev–Trinajstić information content (AvgIpc) is 2.03. The van der Waals surface area contributed by atoms with E-state index in [2.05, 4.69) is 16.6 Å². The largest absolute Gasteiger partial charge is 0.355 e. The third kappa shape index (κ3) is 2.24. The quantitative estimate of drug-likeness (QED) is 0.523. The second kappa shape index (κ2) is 3.99. The number of rotatable bonds is 2. The third-order valence-corrected chi connectivity index (χ3v) is 1.74. The first-order valence-corrected chi connectivity index (χ1v) is 3.79. The topological polar surface area (TPSA) is 41.1 Å². The van der Waals surface area contributed by atoms with Crippen molar-refractivity contribution in [3.05, 3.63) is 0 Å². The lowest BCUT2D eigenvalue weighted by Crippen LogP contribution is -2.48. The van der Waals surface area contributed by atoms with Crippen molar-refractivity contribution < 1.29 is 4.79 Å². The van der Waals surface area contributed by atoms with Crippen LogP contribution in [-0.2, 0) is 4.79 Å². The highest BCUT2D eigenvalue weighted by Crippen LogP contribution is 2.01. The molecule has 1 unspecified atom stereocenters. The Bertz CT molecular complexity index is 183. The summed E-state index contributed by atoms with van der Waals surface area (Å²) in [5.41, 5.74) is 0. The molecule has 0 spiro atoms. The number of amides is 1. The van der Waals surface area contributed by atoms with Gasteiger partial charge in [-0.1, -0.05) is 5.92 Å². The number of carbonyl (C=O) groups is 1. The number of hydrogen-bond donors (Lipinski definition) is 2. The average molecular weight is 152 g/mol. The fraction of sp³-hybridized carbons (Fsp3) is 0.625. The Morgan fingerprint density at radius 3 is 3.27 bits per heavy atom. The SMILES string of the molecule is C#CCNC1CCCNC1=O. The van der Waals surface area contributed by atoms with Gasteiger partial charge in [0.1, 0.15) is 0 Å². The van der Waals surface area contributed by atoms with Crippen LogP contribution in [0.3, 0.4) is 0 Å². The van der Waals surface area contributed by atoms with E-state index >= 15 is 0 Å². The Morgan fingerprint density at radius 1 is 1.82 bits per heavy atom. The van der Waals surface area contributed by atoms with Crippen molar-refractivity contribution in [1.82, 2.24) is 10.6 Å². The van der Waals surface area contributed by atoms with E-state index in [0.717, 1.165) is 19.4 Å². The van der Waals surface area contributed by atoms with Gasteiger partial charge in [0.2, 0.25) is 5.91 Å². The lowest BCUT2D eigenvalue weighted by molar-refractivity contribution is -0.124. The van der Waals surface area contributed by atoms with Crippen LogP contribution in [0.4, 0.5) is 0 Å². The normalized spacial score (nSPS) is 23.9. The number of piperidine rings is 1. The second-order valence-corrected chi connectivity index (χ2v) is 2.57. The molecule has 1 aliphatic rings. The zero-order chi connectivity index (χ0) is 8.10. The Morgan fingerprint density at radius 2 is 2.64 bits per heavy atom. The standard InChI is InChI=1S/C8H12N2O/c1-2-5-9-7-4-3-6-10-8(7)11/h1,7,9H,3-6H2,(H,10,11). The van der Waals surface area contributed by atoms with Gasteiger partial charge >= 0.3 is 0 Å². The van der Waals surface area contributed by atoms with Gasteiger partial charge in [-0.15, -0.1) is 6.42 Å². The van der Waals surface area contributed by atoms with E-state index in [1.54, 1.807) is 0 Å². The molecule has 11 heavy (non-hydrogen) atoms. The van der Waals surface area contributed by atoms with Crippen molar-refractivity contribution in [2.75, 3.05) is 13.1 Å². The van der Waals surface area contributed by atoms with Gasteiger partial charge in [-0.25, -0.2) is 0 Å². The van der Waals surface area contributed by atoms with E-state index in [4.69, 9.17) is 6.42 Å². The number of hydrogen-bond acceptors (Lipinski definition) is 2. The summed E-state index contributed by atoms with van der Waals surface area (Å²) < 4.78 is 0. The third-order valence-electron chi connectivity index (χ3n) is 1.74. The minimum Gasteiger partial charge on any atom is -0.355 e. The molecule has 0 aromatic heterocycles. The lowest BCUT2D eigenvalue weighted by Gasteiger charge is -2.21. The zero-order valence-electron chi connectivity index (χ0n) is 6.39. The first-order chi connectivity index (χ1) is 5.34. The molecule has 3 heteroatoms. The minimum atomic E-state index is -0.0696. The van der Waals surface area contributed by atoms with Crippen LogP contribution in [0.1, 0.15) is 12.8 Å². The fourth-order valence-electron chi connectivity index (χ4n) is 1.15. The van der Waals surface area contributed by atoms with Gasteiger partial charge in [0.05, 0.1) is 12.6 Å². The van der Waals surface area contributed by atoms with Gasteiger partial charge in [-0.2, -0.15) is 0 Å². The van der Waals surface area contributed by atoms with Crippen molar-refractivity contribution >= 4 is 5.91 Å². The van der Waals surface area contributed by atoms with Crippen LogP contribution in [-0.4, -0.2) is 25.0 Å². The van der Waals surface area contributed by atoms with E-state index in [0.29, 0.717) is 6.54 Å². The van der Waals surface area contributed by atoms with E-state index in [1.165, 1.54) is 0 Å². The summed E-state index contributed by atoms with van der Waals surface area (Å²) in [6.45, 7) is 1.27. The maximum atomic E-state index is 11.1. The maximum absolute atomic E-state index is 11.1. The molecule has 1 rings (SSSR count). The van der Waals surface area contributed by atoms with E-state index in [-0.39, 0.29) is 11.9 Å². The van der Waals surface area contributed by atoms with Gasteiger partial charge in [0, 0.05) is 6.54 Å². The first kappa shape index (κ1) is 8.09. The van der Waals surface area contributed by atoms with Gasteiger partial charge in [0.25, 0.3) is 0 Å². The predicted molar refractivity (Wildman–Crippen MR) is 42.9 cm³/mol. The molecule has 0 saturated carbocycles. The molecule has 2 N–H and O–H groups in total. The molecule has 1 amide bonds. The zero-order valence-corrected chi connectivity index (χ0v) is 6.39. The van der Waals surface area contributed by atoms with Crippen LogP contribution >= 0.6 is 0 Å². The van der Waals surface area contributed by atoms with E-state index in [1.807, 2.05) is 0 Å². The second-order valence-electron chi connectivity index (χ2n) is 2.57. The molecule has 60 valence electrons. The Kier molecular flexibility index (Phi) is 2.94. The van der Waals surface area contributed by atoms with Crippen molar-refractivity contribution in [3.8, 4) is 12.3 Å². The van der Waals surface area contributed by atoms with Gasteiger partial charge in [0.15, 0.2) is 0 Å². The summed E-state index contributed by atoms with van der Waals surface area (Å²) in [5.74, 6) is 2.52. The molecule has 0 aromatic rings. The minimum absolute atomic E-state index is 0.0696. The number of carbonyl (C=O) groups excluding carboxylic acids is 1. The number of terminal acetylenes is 1. The van der Waals surface area contributed by atoms with Crippen molar-refractivity contribution in [3.63, 3.8) is 0 Å². The molecule has 1 saturated heterocycles. The van der Waals surface area contributed by atoms with Gasteiger partial charge < -0.3 is 5.32 Å². The predicted octanol–water partition coefficient (Wildman–Crippen LogP) is -0.512. The summed E-state index contributed by atoms with van der Waals surface area (Å²) in [5, 5.41) is 5.74. The molecule has 0 aliphatic carbocycles. The molecular formula is C8H12N2O. The highest BCUT2D eigenvalue weighted by Gasteiger charge is 2.19. The van der Waals surface area contributed by atoms with Gasteiger partial charge in [-0.3, -0.25) is 10.1 Å². The van der Waals surface area contributed by atoms with Crippen LogP contribution in [0.5, 0.6) is 0 Å². The molecule has 0 radical (unpaired) electrons. The molecular weight excluding hydrogens is 140 g/mol. The van der Waals surface area contributed by atoms with Crippen LogP contribution in [0.2, 0.25) is 0 Å². The smallest absolute Gasteiger partial charge is 0.237 e. The van der Waals surface area contributed by atoms with Crippen LogP contribution in [0, 0.1) is 12.3 Å². The van der Waals surface area contributed by atoms with Crippen LogP contribution in [0.15, 0.2) is 0 Å². The van der Waals surface area contributed by atoms with E-state index in [9.17, 15) is 4.79 Å². The van der Waals surface area contributed by atoms with Crippen molar-refractivity contribution in [2.45, 2.75) is 18.9 Å². The Labute approximate surface area is 66.5 Å². The lowest BCUT2D eigenvalue weighted by atomic mass is 10.1. The molecule has 3 nitrogen and oxygen atoms in total. The van der Waals surface area contributed by atoms with Crippen molar-refractivity contribution in [1.29, 1.82) is 0 Å². The summed E-state index contributed by atoms with van der Waals surface area (Å²) in [6.07, 6.45) is 6.98. The Hall–Kier alpha value is -1.01. The highest BCUT2D eigenvalue weighted by atomic mass is 16.2. The molecule has 1 fully saturated rings. The summed E-state index contributed by atoms with van der Waals surface area (Å²) in [7, 11) is 0. The fourth-order valence-corrected chi connectivity index (χ4v) is 1.15. The molecule has 1 heterocycles. The molecule has 0 bridgehead atoms. The number of nitrogens with one attached hydrogen (secondary N) is 2. The first-order valence-electron chi connectivity index (χ1n) is 3.79. The van der Waals surface area contributed by atoms with Crippen LogP contribution in [0.25, 0.3) is 0 Å². The summed E-state index contributed by atoms with van der Waals surface area (Å²) in [4.78, 5) is 11.1. The summed E-state index contributed by atoms with van der Waals surface area (Å²) >= 11 is 0. The molecule has 1 aliphatic heterocycles. The van der Waals surface area contributed by atoms with Gasteiger partial charge in [-0.05, 0) is 12.8 Å². The monoisotopic (exact) mass is 152 g/mol. The maximum Gasteiger partial charge on any atom is 0.237 e. The molecule has 0 aromatic carbocycles. The summed E-state index contributed by atoms with van der Waals surface area (Å²) in [6, 6.07) is -0.0696. The van der Waals surface area contributed by atoms with E-state index < -0.39 is 0 Å². The van der Waals surface area contributed by atoms with Crippen molar-refractivity contribution in [2.24, 2.45) is 0 Å². The van der Waals surface area contributed by atoms with Crippen LogP contribution < -0.4 is 10.6 Å². The molecule has 1 atom stereocenters. The highest BCUT2D eigenvalue weighted by molar-refractivity contribution is 5.82.